The van der Waals surface area contributed by atoms with Crippen LogP contribution in [0.4, 0.5) is 13.2 Å². The number of H-pyrrole nitrogens is 1. The van der Waals surface area contributed by atoms with Crippen LogP contribution in [-0.4, -0.2) is 37.2 Å². The predicted molar refractivity (Wildman–Crippen MR) is 128 cm³/mol. The molecule has 0 unspecified atom stereocenters. The van der Waals surface area contributed by atoms with Gasteiger partial charge in [0, 0.05) is 18.0 Å². The van der Waals surface area contributed by atoms with Crippen molar-refractivity contribution in [2.24, 2.45) is 7.05 Å². The van der Waals surface area contributed by atoms with Crippen LogP contribution in [0.1, 0.15) is 40.3 Å². The summed E-state index contributed by atoms with van der Waals surface area (Å²) in [5.74, 6) is 0.237. The molecule has 7 nitrogen and oxygen atoms in total. The zero-order valence-electron chi connectivity index (χ0n) is 20.1. The molecule has 11 heteroatoms. The third-order valence-electron chi connectivity index (χ3n) is 5.10. The van der Waals surface area contributed by atoms with Crippen LogP contribution in [-0.2, 0) is 12.5 Å². The lowest BCUT2D eigenvalue weighted by Crippen LogP contribution is -2.17. The van der Waals surface area contributed by atoms with E-state index in [1.807, 2.05) is 34.6 Å². The first-order valence-corrected chi connectivity index (χ1v) is 11.3. The number of pyridine rings is 1. The maximum absolute atomic E-state index is 13.0. The SMILES string of the molecule is CC(C)Oc1nc(-c2ccccc2OC(F)(F)F)cc2[nH]c(-c3c(Cl)c(C(C)(C)C)nn3C)nc12. The van der Waals surface area contributed by atoms with Crippen LogP contribution in [0.2, 0.25) is 5.02 Å². The summed E-state index contributed by atoms with van der Waals surface area (Å²) in [7, 11) is 1.77. The fourth-order valence-corrected chi connectivity index (χ4v) is 4.20. The van der Waals surface area contributed by atoms with Crippen LogP contribution in [0.15, 0.2) is 30.3 Å². The largest absolute Gasteiger partial charge is 0.573 e. The molecule has 0 saturated heterocycles. The number of aromatic amines is 1. The molecule has 4 aromatic rings. The lowest BCUT2D eigenvalue weighted by atomic mass is 9.92. The Hall–Kier alpha value is -3.27. The van der Waals surface area contributed by atoms with Gasteiger partial charge in [0.05, 0.1) is 28.0 Å². The molecule has 1 aromatic carbocycles. The van der Waals surface area contributed by atoms with E-state index in [-0.39, 0.29) is 34.4 Å². The molecule has 0 aliphatic heterocycles. The summed E-state index contributed by atoms with van der Waals surface area (Å²) >= 11 is 6.70. The van der Waals surface area contributed by atoms with Gasteiger partial charge in [0.25, 0.3) is 0 Å². The minimum absolute atomic E-state index is 0.157. The van der Waals surface area contributed by atoms with E-state index in [1.165, 1.54) is 18.2 Å². The average molecular weight is 508 g/mol. The highest BCUT2D eigenvalue weighted by atomic mass is 35.5. The van der Waals surface area contributed by atoms with Crippen LogP contribution < -0.4 is 9.47 Å². The number of halogens is 4. The Bertz CT molecular complexity index is 1390. The molecule has 0 aliphatic rings. The zero-order valence-corrected chi connectivity index (χ0v) is 20.8. The number of nitrogens with zero attached hydrogens (tertiary/aromatic N) is 4. The summed E-state index contributed by atoms with van der Waals surface area (Å²) < 4.78 is 50.7. The van der Waals surface area contributed by atoms with Crippen molar-refractivity contribution in [2.45, 2.75) is 52.5 Å². The summed E-state index contributed by atoms with van der Waals surface area (Å²) in [6.45, 7) is 9.67. The molecule has 1 N–H and O–H groups in total. The molecular formula is C24H25ClF3N5O2. The molecular weight excluding hydrogens is 483 g/mol. The number of aromatic nitrogens is 5. The van der Waals surface area contributed by atoms with E-state index >= 15 is 0 Å². The molecule has 0 aliphatic carbocycles. The Labute approximate surface area is 205 Å². The second kappa shape index (κ2) is 8.75. The summed E-state index contributed by atoms with van der Waals surface area (Å²) in [4.78, 5) is 12.4. The van der Waals surface area contributed by atoms with E-state index in [4.69, 9.17) is 16.3 Å². The van der Waals surface area contributed by atoms with Gasteiger partial charge in [-0.2, -0.15) is 5.10 Å². The highest BCUT2D eigenvalue weighted by Gasteiger charge is 2.33. The first kappa shape index (κ1) is 24.8. The Kier molecular flexibility index (Phi) is 6.21. The van der Waals surface area contributed by atoms with Gasteiger partial charge < -0.3 is 14.5 Å². The highest BCUT2D eigenvalue weighted by Crippen LogP contribution is 2.39. The maximum Gasteiger partial charge on any atom is 0.573 e. The van der Waals surface area contributed by atoms with Gasteiger partial charge in [-0.15, -0.1) is 13.2 Å². The number of para-hydroxylation sites is 1. The Morgan fingerprint density at radius 2 is 1.77 bits per heavy atom. The van der Waals surface area contributed by atoms with Gasteiger partial charge in [0.15, 0.2) is 11.3 Å². The number of imidazole rings is 1. The molecule has 0 radical (unpaired) electrons. The monoisotopic (exact) mass is 507 g/mol. The van der Waals surface area contributed by atoms with E-state index < -0.39 is 6.36 Å². The summed E-state index contributed by atoms with van der Waals surface area (Å²) in [5.41, 5.74) is 2.32. The fraction of sp³-hybridized carbons (Fsp3) is 0.375. The minimum atomic E-state index is -4.85. The van der Waals surface area contributed by atoms with E-state index in [0.717, 1.165) is 0 Å². The number of aryl methyl sites for hydroxylation is 1. The molecule has 0 atom stereocenters. The summed E-state index contributed by atoms with van der Waals surface area (Å²) in [6.07, 6.45) is -5.10. The van der Waals surface area contributed by atoms with Crippen LogP contribution in [0.5, 0.6) is 11.6 Å². The maximum atomic E-state index is 13.0. The smallest absolute Gasteiger partial charge is 0.473 e. The zero-order chi connectivity index (χ0) is 25.7. The average Bonchev–Trinajstić information content (AvgIpc) is 3.26. The molecule has 35 heavy (non-hydrogen) atoms. The minimum Gasteiger partial charge on any atom is -0.473 e. The first-order chi connectivity index (χ1) is 16.2. The third-order valence-corrected chi connectivity index (χ3v) is 5.46. The fourth-order valence-electron chi connectivity index (χ4n) is 3.67. The standard InChI is InChI=1S/C24H25ClF3N5O2/c1-12(2)34-22-18-15(11-14(30-22)13-9-7-8-10-16(13)35-24(26,27)28)29-21(31-18)19-17(25)20(23(3,4)5)32-33(19)6/h7-12H,1-6H3,(H,29,31). The van der Waals surface area contributed by atoms with E-state index in [9.17, 15) is 13.2 Å². The number of nitrogens with one attached hydrogen (secondary N) is 1. The van der Waals surface area contributed by atoms with Crippen molar-refractivity contribution in [1.29, 1.82) is 0 Å². The molecule has 0 amide bonds. The van der Waals surface area contributed by atoms with E-state index in [1.54, 1.807) is 23.9 Å². The van der Waals surface area contributed by atoms with Gasteiger partial charge in [-0.3, -0.25) is 4.68 Å². The van der Waals surface area contributed by atoms with Crippen molar-refractivity contribution in [1.82, 2.24) is 24.7 Å². The van der Waals surface area contributed by atoms with E-state index in [0.29, 0.717) is 33.3 Å². The number of benzene rings is 1. The third kappa shape index (κ3) is 5.07. The quantitative estimate of drug-likeness (QED) is 0.327. The van der Waals surface area contributed by atoms with Gasteiger partial charge in [0.1, 0.15) is 11.4 Å². The normalized spacial score (nSPS) is 12.5. The predicted octanol–water partition coefficient (Wildman–Crippen LogP) is 6.66. The second-order valence-electron chi connectivity index (χ2n) is 9.39. The molecule has 3 heterocycles. The number of hydrogen-bond donors (Lipinski definition) is 1. The molecule has 0 fully saturated rings. The molecule has 3 aromatic heterocycles. The van der Waals surface area contributed by atoms with Gasteiger partial charge in [-0.05, 0) is 32.0 Å². The number of rotatable bonds is 5. The molecule has 0 spiro atoms. The summed E-state index contributed by atoms with van der Waals surface area (Å²) in [5, 5.41) is 5.03. The van der Waals surface area contributed by atoms with Crippen molar-refractivity contribution in [2.75, 3.05) is 0 Å². The Balaban J connectivity index is 1.91. The lowest BCUT2D eigenvalue weighted by Gasteiger charge is -2.15. The van der Waals surface area contributed by atoms with Crippen LogP contribution in [0, 0.1) is 0 Å². The van der Waals surface area contributed by atoms with Gasteiger partial charge in [-0.1, -0.05) is 44.5 Å². The molecule has 4 rings (SSSR count). The molecule has 0 saturated carbocycles. The molecule has 0 bridgehead atoms. The number of ether oxygens (including phenoxy) is 2. The van der Waals surface area contributed by atoms with Crippen LogP contribution >= 0.6 is 11.6 Å². The van der Waals surface area contributed by atoms with Crippen LogP contribution in [0.25, 0.3) is 33.8 Å². The lowest BCUT2D eigenvalue weighted by molar-refractivity contribution is -0.274. The van der Waals surface area contributed by atoms with Gasteiger partial charge in [-0.25, -0.2) is 9.97 Å². The topological polar surface area (TPSA) is 77.9 Å². The van der Waals surface area contributed by atoms with Gasteiger partial charge >= 0.3 is 6.36 Å². The van der Waals surface area contributed by atoms with Gasteiger partial charge in [0.2, 0.25) is 5.88 Å². The number of hydrogen-bond acceptors (Lipinski definition) is 5. The second-order valence-corrected chi connectivity index (χ2v) is 9.77. The van der Waals surface area contributed by atoms with Crippen molar-refractivity contribution in [3.05, 3.63) is 41.0 Å². The van der Waals surface area contributed by atoms with Crippen LogP contribution in [0.3, 0.4) is 0 Å². The summed E-state index contributed by atoms with van der Waals surface area (Å²) in [6, 6.07) is 7.40. The van der Waals surface area contributed by atoms with E-state index in [2.05, 4.69) is 24.8 Å². The van der Waals surface area contributed by atoms with Crippen molar-refractivity contribution in [3.63, 3.8) is 0 Å². The highest BCUT2D eigenvalue weighted by molar-refractivity contribution is 6.33. The van der Waals surface area contributed by atoms with Crippen molar-refractivity contribution < 1.29 is 22.6 Å². The Morgan fingerprint density at radius 3 is 2.37 bits per heavy atom. The number of fused-ring (bicyclic) bond motifs is 1. The Morgan fingerprint density at radius 1 is 1.09 bits per heavy atom. The molecule has 186 valence electrons. The van der Waals surface area contributed by atoms with Crippen molar-refractivity contribution in [3.8, 4) is 34.4 Å². The first-order valence-electron chi connectivity index (χ1n) is 10.9. The van der Waals surface area contributed by atoms with Crippen molar-refractivity contribution >= 4 is 22.6 Å². The number of alkyl halides is 3.